The van der Waals surface area contributed by atoms with E-state index in [4.69, 9.17) is 4.74 Å². The lowest BCUT2D eigenvalue weighted by Gasteiger charge is -2.20. The van der Waals surface area contributed by atoms with Crippen molar-refractivity contribution < 1.29 is 9.53 Å². The van der Waals surface area contributed by atoms with Gasteiger partial charge in [0.15, 0.2) is 0 Å². The molecule has 1 atom stereocenters. The summed E-state index contributed by atoms with van der Waals surface area (Å²) in [6, 6.07) is 19.5. The summed E-state index contributed by atoms with van der Waals surface area (Å²) in [6.45, 7) is 2.01. The molecule has 4 heteroatoms. The standard InChI is InChI=1S/C21H22N2O2/c1-16-7-5-9-18(13-16)22-21(24)15-20(23-11-3-4-12-23)17-8-6-10-19(14-17)25-2/h3-14,20H,15H2,1-2H3,(H,22,24)/t20-/m0/s1. The van der Waals surface area contributed by atoms with E-state index in [9.17, 15) is 4.79 Å². The molecule has 0 saturated heterocycles. The fourth-order valence-electron chi connectivity index (χ4n) is 2.91. The summed E-state index contributed by atoms with van der Waals surface area (Å²) < 4.78 is 7.37. The van der Waals surface area contributed by atoms with Gasteiger partial charge in [0.05, 0.1) is 19.6 Å². The molecule has 0 saturated carbocycles. The van der Waals surface area contributed by atoms with Crippen LogP contribution in [0.2, 0.25) is 0 Å². The highest BCUT2D eigenvalue weighted by molar-refractivity contribution is 5.91. The molecule has 1 heterocycles. The van der Waals surface area contributed by atoms with Crippen molar-refractivity contribution in [1.82, 2.24) is 4.57 Å². The molecule has 128 valence electrons. The smallest absolute Gasteiger partial charge is 0.226 e. The van der Waals surface area contributed by atoms with E-state index in [2.05, 4.69) is 5.32 Å². The van der Waals surface area contributed by atoms with Gasteiger partial charge in [-0.1, -0.05) is 24.3 Å². The Hall–Kier alpha value is -3.01. The number of aromatic nitrogens is 1. The summed E-state index contributed by atoms with van der Waals surface area (Å²) in [5, 5.41) is 2.99. The van der Waals surface area contributed by atoms with Gasteiger partial charge in [-0.15, -0.1) is 0 Å². The highest BCUT2D eigenvalue weighted by Gasteiger charge is 2.18. The second-order valence-corrected chi connectivity index (χ2v) is 6.04. The third kappa shape index (κ3) is 4.29. The molecule has 25 heavy (non-hydrogen) atoms. The summed E-state index contributed by atoms with van der Waals surface area (Å²) in [7, 11) is 1.65. The van der Waals surface area contributed by atoms with Crippen molar-refractivity contribution in [1.29, 1.82) is 0 Å². The number of nitrogens with zero attached hydrogens (tertiary/aromatic N) is 1. The van der Waals surface area contributed by atoms with Crippen LogP contribution in [0.1, 0.15) is 23.6 Å². The number of benzene rings is 2. The molecule has 0 fully saturated rings. The molecule has 1 N–H and O–H groups in total. The van der Waals surface area contributed by atoms with Crippen LogP contribution in [0.5, 0.6) is 5.75 Å². The van der Waals surface area contributed by atoms with Gasteiger partial charge in [0, 0.05) is 18.1 Å². The Morgan fingerprint density at radius 1 is 1.08 bits per heavy atom. The van der Waals surface area contributed by atoms with Crippen molar-refractivity contribution in [3.8, 4) is 5.75 Å². The van der Waals surface area contributed by atoms with E-state index in [0.29, 0.717) is 6.42 Å². The maximum Gasteiger partial charge on any atom is 0.226 e. The fourth-order valence-corrected chi connectivity index (χ4v) is 2.91. The monoisotopic (exact) mass is 334 g/mol. The number of anilines is 1. The average Bonchev–Trinajstić information content (AvgIpc) is 3.14. The molecule has 0 aliphatic rings. The number of amides is 1. The zero-order valence-corrected chi connectivity index (χ0v) is 14.5. The number of aryl methyl sites for hydroxylation is 1. The molecule has 4 nitrogen and oxygen atoms in total. The van der Waals surface area contributed by atoms with Crippen molar-refractivity contribution in [2.45, 2.75) is 19.4 Å². The van der Waals surface area contributed by atoms with Gasteiger partial charge >= 0.3 is 0 Å². The lowest BCUT2D eigenvalue weighted by molar-refractivity contribution is -0.116. The quantitative estimate of drug-likeness (QED) is 0.725. The lowest BCUT2D eigenvalue weighted by Crippen LogP contribution is -2.19. The SMILES string of the molecule is COc1cccc([C@H](CC(=O)Nc2cccc(C)c2)n2cccc2)c1. The Bertz CT molecular complexity index is 841. The van der Waals surface area contributed by atoms with Crippen LogP contribution >= 0.6 is 0 Å². The Labute approximate surface area is 148 Å². The maximum absolute atomic E-state index is 12.6. The predicted molar refractivity (Wildman–Crippen MR) is 100.0 cm³/mol. The molecule has 0 aliphatic carbocycles. The van der Waals surface area contributed by atoms with Gasteiger partial charge < -0.3 is 14.6 Å². The molecule has 0 unspecified atom stereocenters. The zero-order valence-electron chi connectivity index (χ0n) is 14.5. The Balaban J connectivity index is 1.81. The first-order chi connectivity index (χ1) is 12.2. The molecule has 0 bridgehead atoms. The van der Waals surface area contributed by atoms with Gasteiger partial charge in [-0.25, -0.2) is 0 Å². The van der Waals surface area contributed by atoms with E-state index < -0.39 is 0 Å². The Morgan fingerprint density at radius 2 is 1.84 bits per heavy atom. The van der Waals surface area contributed by atoms with Crippen LogP contribution in [0.25, 0.3) is 0 Å². The summed E-state index contributed by atoms with van der Waals surface area (Å²) in [5.41, 5.74) is 2.98. The predicted octanol–water partition coefficient (Wildman–Crippen LogP) is 4.42. The summed E-state index contributed by atoms with van der Waals surface area (Å²) in [4.78, 5) is 12.6. The summed E-state index contributed by atoms with van der Waals surface area (Å²) in [6.07, 6.45) is 4.30. The fraction of sp³-hybridized carbons (Fsp3) is 0.190. The van der Waals surface area contributed by atoms with Gasteiger partial charge in [-0.2, -0.15) is 0 Å². The number of ether oxygens (including phenoxy) is 1. The largest absolute Gasteiger partial charge is 0.497 e. The van der Waals surface area contributed by atoms with E-state index in [1.54, 1.807) is 7.11 Å². The number of hydrogen-bond donors (Lipinski definition) is 1. The zero-order chi connectivity index (χ0) is 17.6. The van der Waals surface area contributed by atoms with Crippen LogP contribution in [0.15, 0.2) is 73.1 Å². The molecular formula is C21H22N2O2. The first kappa shape index (κ1) is 16.8. The molecule has 1 aromatic heterocycles. The first-order valence-corrected chi connectivity index (χ1v) is 8.28. The lowest BCUT2D eigenvalue weighted by atomic mass is 10.0. The minimum atomic E-state index is -0.0880. The van der Waals surface area contributed by atoms with E-state index in [1.165, 1.54) is 0 Å². The number of carbonyl (C=O) groups is 1. The van der Waals surface area contributed by atoms with Crippen LogP contribution in [0, 0.1) is 6.92 Å². The topological polar surface area (TPSA) is 43.3 Å². The van der Waals surface area contributed by atoms with Crippen molar-refractivity contribution in [3.63, 3.8) is 0 Å². The molecule has 1 amide bonds. The molecule has 3 aromatic rings. The van der Waals surface area contributed by atoms with Gasteiger partial charge in [-0.05, 0) is 54.4 Å². The van der Waals surface area contributed by atoms with Crippen molar-refractivity contribution in [2.24, 2.45) is 0 Å². The number of carbonyl (C=O) groups excluding carboxylic acids is 1. The van der Waals surface area contributed by atoms with Crippen molar-refractivity contribution in [2.75, 3.05) is 12.4 Å². The number of hydrogen-bond acceptors (Lipinski definition) is 2. The Morgan fingerprint density at radius 3 is 2.56 bits per heavy atom. The maximum atomic E-state index is 12.6. The van der Waals surface area contributed by atoms with E-state index in [1.807, 2.05) is 84.5 Å². The summed E-state index contributed by atoms with van der Waals surface area (Å²) >= 11 is 0. The number of rotatable bonds is 6. The molecular weight excluding hydrogens is 312 g/mol. The third-order valence-corrected chi connectivity index (χ3v) is 4.15. The van der Waals surface area contributed by atoms with Crippen molar-refractivity contribution in [3.05, 3.63) is 84.2 Å². The second-order valence-electron chi connectivity index (χ2n) is 6.04. The summed E-state index contributed by atoms with van der Waals surface area (Å²) in [5.74, 6) is 0.765. The number of nitrogens with one attached hydrogen (secondary N) is 1. The van der Waals surface area contributed by atoms with Crippen LogP contribution in [-0.2, 0) is 4.79 Å². The Kier molecular flexibility index (Phi) is 5.19. The van der Waals surface area contributed by atoms with Crippen LogP contribution in [0.3, 0.4) is 0 Å². The van der Waals surface area contributed by atoms with Crippen LogP contribution in [-0.4, -0.2) is 17.6 Å². The second kappa shape index (κ2) is 7.71. The van der Waals surface area contributed by atoms with Crippen LogP contribution < -0.4 is 10.1 Å². The van der Waals surface area contributed by atoms with E-state index in [0.717, 1.165) is 22.6 Å². The van der Waals surface area contributed by atoms with E-state index in [-0.39, 0.29) is 11.9 Å². The molecule has 3 rings (SSSR count). The van der Waals surface area contributed by atoms with E-state index >= 15 is 0 Å². The number of methoxy groups -OCH3 is 1. The molecule has 0 radical (unpaired) electrons. The average molecular weight is 334 g/mol. The van der Waals surface area contributed by atoms with Gasteiger partial charge in [0.2, 0.25) is 5.91 Å². The van der Waals surface area contributed by atoms with Gasteiger partial charge in [0.25, 0.3) is 0 Å². The molecule has 0 aliphatic heterocycles. The molecule has 0 spiro atoms. The first-order valence-electron chi connectivity index (χ1n) is 8.28. The highest BCUT2D eigenvalue weighted by Crippen LogP contribution is 2.26. The van der Waals surface area contributed by atoms with Crippen LogP contribution in [0.4, 0.5) is 5.69 Å². The molecule has 2 aromatic carbocycles. The minimum Gasteiger partial charge on any atom is -0.497 e. The highest BCUT2D eigenvalue weighted by atomic mass is 16.5. The van der Waals surface area contributed by atoms with Gasteiger partial charge in [-0.3, -0.25) is 4.79 Å². The minimum absolute atomic E-state index is 0.0212. The normalized spacial score (nSPS) is 11.8. The van der Waals surface area contributed by atoms with Crippen molar-refractivity contribution >= 4 is 11.6 Å². The van der Waals surface area contributed by atoms with Gasteiger partial charge in [0.1, 0.15) is 5.75 Å². The third-order valence-electron chi connectivity index (χ3n) is 4.15.